The highest BCUT2D eigenvalue weighted by Gasteiger charge is 2.22. The molecule has 0 saturated carbocycles. The Bertz CT molecular complexity index is 182. The molecular weight excluding hydrogens is 178 g/mol. The third-order valence-electron chi connectivity index (χ3n) is 2.25. The minimum atomic E-state index is -0.747. The van der Waals surface area contributed by atoms with Crippen LogP contribution in [0.15, 0.2) is 0 Å². The number of hydrogen-bond donors (Lipinski definition) is 1. The molecule has 0 saturated heterocycles. The number of rotatable bonds is 5. The molecule has 0 heterocycles. The van der Waals surface area contributed by atoms with E-state index in [1.807, 2.05) is 4.90 Å². The second kappa shape index (κ2) is 5.35. The van der Waals surface area contributed by atoms with Gasteiger partial charge < -0.3 is 5.11 Å². The van der Waals surface area contributed by atoms with Crippen LogP contribution in [0.4, 0.5) is 0 Å². The third kappa shape index (κ3) is 5.97. The van der Waals surface area contributed by atoms with Gasteiger partial charge in [-0.1, -0.05) is 13.8 Å². The van der Waals surface area contributed by atoms with E-state index < -0.39 is 5.97 Å². The summed E-state index contributed by atoms with van der Waals surface area (Å²) in [5, 5.41) is 8.77. The smallest absolute Gasteiger partial charge is 0.317 e. The highest BCUT2D eigenvalue weighted by atomic mass is 16.4. The van der Waals surface area contributed by atoms with Crippen molar-refractivity contribution < 1.29 is 9.90 Å². The number of carbonyl (C=O) groups is 1. The van der Waals surface area contributed by atoms with Gasteiger partial charge in [-0.05, 0) is 39.7 Å². The number of aliphatic carboxylic acids is 1. The second-order valence-electron chi connectivity index (χ2n) is 5.17. The van der Waals surface area contributed by atoms with E-state index in [-0.39, 0.29) is 12.1 Å². The molecule has 0 spiro atoms. The van der Waals surface area contributed by atoms with Crippen LogP contribution in [0.1, 0.15) is 41.0 Å². The molecule has 3 heteroatoms. The minimum Gasteiger partial charge on any atom is -0.480 e. The van der Waals surface area contributed by atoms with E-state index in [0.717, 1.165) is 13.0 Å². The van der Waals surface area contributed by atoms with E-state index in [1.165, 1.54) is 0 Å². The van der Waals surface area contributed by atoms with Gasteiger partial charge in [-0.2, -0.15) is 0 Å². The Morgan fingerprint density at radius 3 is 2.14 bits per heavy atom. The Morgan fingerprint density at radius 1 is 1.36 bits per heavy atom. The summed E-state index contributed by atoms with van der Waals surface area (Å²) in [6.07, 6.45) is 1.05. The van der Waals surface area contributed by atoms with Crippen molar-refractivity contribution in [2.45, 2.75) is 46.6 Å². The molecule has 0 aliphatic heterocycles. The van der Waals surface area contributed by atoms with Crippen LogP contribution in [0, 0.1) is 5.92 Å². The van der Waals surface area contributed by atoms with E-state index in [1.54, 1.807) is 0 Å². The van der Waals surface area contributed by atoms with Crippen molar-refractivity contribution in [1.82, 2.24) is 4.90 Å². The Labute approximate surface area is 87.1 Å². The van der Waals surface area contributed by atoms with Crippen molar-refractivity contribution in [3.8, 4) is 0 Å². The van der Waals surface area contributed by atoms with Crippen molar-refractivity contribution in [2.24, 2.45) is 5.92 Å². The molecule has 0 aromatic rings. The van der Waals surface area contributed by atoms with Crippen molar-refractivity contribution >= 4 is 5.97 Å². The van der Waals surface area contributed by atoms with E-state index >= 15 is 0 Å². The second-order valence-corrected chi connectivity index (χ2v) is 5.17. The van der Waals surface area contributed by atoms with Gasteiger partial charge in [0, 0.05) is 5.54 Å². The lowest BCUT2D eigenvalue weighted by atomic mass is 10.0. The van der Waals surface area contributed by atoms with Crippen molar-refractivity contribution in [1.29, 1.82) is 0 Å². The maximum atomic E-state index is 10.7. The fourth-order valence-corrected chi connectivity index (χ4v) is 1.23. The lowest BCUT2D eigenvalue weighted by Crippen LogP contribution is -2.45. The lowest BCUT2D eigenvalue weighted by Gasteiger charge is -2.34. The first-order valence-electron chi connectivity index (χ1n) is 5.20. The van der Waals surface area contributed by atoms with Crippen LogP contribution in [0.3, 0.4) is 0 Å². The molecule has 14 heavy (non-hydrogen) atoms. The molecule has 0 amide bonds. The average molecular weight is 201 g/mol. The molecule has 0 rings (SSSR count). The predicted octanol–water partition coefficient (Wildman–Crippen LogP) is 2.22. The van der Waals surface area contributed by atoms with Gasteiger partial charge in [0.15, 0.2) is 0 Å². The minimum absolute atomic E-state index is 0.0622. The first-order valence-corrected chi connectivity index (χ1v) is 5.20. The Morgan fingerprint density at radius 2 is 1.86 bits per heavy atom. The number of carboxylic acids is 1. The van der Waals surface area contributed by atoms with E-state index in [0.29, 0.717) is 5.92 Å². The molecule has 0 aromatic heterocycles. The van der Waals surface area contributed by atoms with Crippen molar-refractivity contribution in [3.63, 3.8) is 0 Å². The first-order chi connectivity index (χ1) is 6.23. The van der Waals surface area contributed by atoms with Gasteiger partial charge in [-0.15, -0.1) is 0 Å². The molecule has 1 N–H and O–H groups in total. The molecule has 0 aromatic carbocycles. The van der Waals surface area contributed by atoms with Gasteiger partial charge in [-0.3, -0.25) is 9.69 Å². The zero-order valence-electron chi connectivity index (χ0n) is 10.0. The fourth-order valence-electron chi connectivity index (χ4n) is 1.23. The fraction of sp³-hybridized carbons (Fsp3) is 0.909. The van der Waals surface area contributed by atoms with Crippen LogP contribution in [0.5, 0.6) is 0 Å². The summed E-state index contributed by atoms with van der Waals surface area (Å²) in [4.78, 5) is 12.7. The van der Waals surface area contributed by atoms with Crippen molar-refractivity contribution in [3.05, 3.63) is 0 Å². The largest absolute Gasteiger partial charge is 0.480 e. The third-order valence-corrected chi connectivity index (χ3v) is 2.25. The summed E-state index contributed by atoms with van der Waals surface area (Å²) < 4.78 is 0. The molecule has 0 atom stereocenters. The Kier molecular flexibility index (Phi) is 5.13. The van der Waals surface area contributed by atoms with Crippen molar-refractivity contribution in [2.75, 3.05) is 13.1 Å². The van der Waals surface area contributed by atoms with Gasteiger partial charge in [0.05, 0.1) is 6.54 Å². The summed E-state index contributed by atoms with van der Waals surface area (Å²) in [5.41, 5.74) is -0.0622. The van der Waals surface area contributed by atoms with E-state index in [2.05, 4.69) is 34.6 Å². The standard InChI is InChI=1S/C11H23NO2/c1-9(2)6-7-12(8-10(13)14)11(3,4)5/h9H,6-8H2,1-5H3,(H,13,14). The molecule has 0 aliphatic carbocycles. The molecule has 0 unspecified atom stereocenters. The molecule has 3 nitrogen and oxygen atoms in total. The van der Waals surface area contributed by atoms with Gasteiger partial charge in [0.25, 0.3) is 0 Å². The lowest BCUT2D eigenvalue weighted by molar-refractivity contribution is -0.139. The highest BCUT2D eigenvalue weighted by molar-refractivity contribution is 5.69. The van der Waals surface area contributed by atoms with Crippen LogP contribution < -0.4 is 0 Å². The van der Waals surface area contributed by atoms with Crippen LogP contribution in [-0.2, 0) is 4.79 Å². The Hall–Kier alpha value is -0.570. The monoisotopic (exact) mass is 201 g/mol. The molecular formula is C11H23NO2. The number of hydrogen-bond acceptors (Lipinski definition) is 2. The van der Waals surface area contributed by atoms with Crippen LogP contribution in [0.25, 0.3) is 0 Å². The SMILES string of the molecule is CC(C)CCN(CC(=O)O)C(C)(C)C. The number of nitrogens with zero attached hydrogens (tertiary/aromatic N) is 1. The van der Waals surface area contributed by atoms with Gasteiger partial charge >= 0.3 is 5.97 Å². The quantitative estimate of drug-likeness (QED) is 0.741. The van der Waals surface area contributed by atoms with Gasteiger partial charge in [0.2, 0.25) is 0 Å². The molecule has 0 bridgehead atoms. The van der Waals surface area contributed by atoms with Gasteiger partial charge in [-0.25, -0.2) is 0 Å². The summed E-state index contributed by atoms with van der Waals surface area (Å²) in [5.74, 6) is -0.127. The average Bonchev–Trinajstić information content (AvgIpc) is 1.94. The topological polar surface area (TPSA) is 40.5 Å². The van der Waals surface area contributed by atoms with E-state index in [9.17, 15) is 4.79 Å². The zero-order chi connectivity index (χ0) is 11.4. The zero-order valence-corrected chi connectivity index (χ0v) is 10.0. The number of carboxylic acid groups (broad SMARTS) is 1. The molecule has 0 aliphatic rings. The maximum Gasteiger partial charge on any atom is 0.317 e. The first kappa shape index (κ1) is 13.4. The Balaban J connectivity index is 4.19. The summed E-state index contributed by atoms with van der Waals surface area (Å²) in [7, 11) is 0. The van der Waals surface area contributed by atoms with Crippen LogP contribution in [-0.4, -0.2) is 34.6 Å². The highest BCUT2D eigenvalue weighted by Crippen LogP contribution is 2.14. The molecule has 0 fully saturated rings. The molecule has 0 radical (unpaired) electrons. The summed E-state index contributed by atoms with van der Waals surface area (Å²) in [6, 6.07) is 0. The summed E-state index contributed by atoms with van der Waals surface area (Å²) >= 11 is 0. The predicted molar refractivity (Wildman–Crippen MR) is 58.4 cm³/mol. The van der Waals surface area contributed by atoms with Crippen LogP contribution >= 0.6 is 0 Å². The van der Waals surface area contributed by atoms with E-state index in [4.69, 9.17) is 5.11 Å². The summed E-state index contributed by atoms with van der Waals surface area (Å²) in [6.45, 7) is 11.5. The van der Waals surface area contributed by atoms with Gasteiger partial charge in [0.1, 0.15) is 0 Å². The molecule has 84 valence electrons. The normalized spacial score (nSPS) is 12.5. The maximum absolute atomic E-state index is 10.7. The van der Waals surface area contributed by atoms with Crippen LogP contribution in [0.2, 0.25) is 0 Å².